The quantitative estimate of drug-likeness (QED) is 0.740. The number of hydrogen-bond acceptors (Lipinski definition) is 3. The zero-order valence-corrected chi connectivity index (χ0v) is 12.9. The molecular weight excluding hydrogens is 328 g/mol. The van der Waals surface area contributed by atoms with Gasteiger partial charge in [0.05, 0.1) is 18.7 Å². The number of halogens is 1. The predicted octanol–water partition coefficient (Wildman–Crippen LogP) is 2.69. The summed E-state index contributed by atoms with van der Waals surface area (Å²) in [7, 11) is 1.51. The fourth-order valence-corrected chi connectivity index (χ4v) is 1.83. The second kappa shape index (κ2) is 7.74. The zero-order valence-electron chi connectivity index (χ0n) is 11.3. The van der Waals surface area contributed by atoms with Crippen molar-refractivity contribution >= 4 is 33.6 Å². The van der Waals surface area contributed by atoms with Crippen molar-refractivity contribution < 1.29 is 19.4 Å². The first-order valence-electron chi connectivity index (χ1n) is 6.05. The molecule has 0 saturated carbocycles. The van der Waals surface area contributed by atoms with Gasteiger partial charge < -0.3 is 20.5 Å². The fraction of sp³-hybridized carbons (Fsp3) is 0.385. The summed E-state index contributed by atoms with van der Waals surface area (Å²) in [6.07, 6.45) is 0.373. The van der Waals surface area contributed by atoms with Gasteiger partial charge in [-0.25, -0.2) is 4.79 Å². The summed E-state index contributed by atoms with van der Waals surface area (Å²) in [6.45, 7) is 1.88. The van der Waals surface area contributed by atoms with E-state index in [1.807, 2.05) is 0 Å². The third-order valence-corrected chi connectivity index (χ3v) is 3.19. The number of ether oxygens (including phenoxy) is 1. The number of benzene rings is 1. The molecule has 0 aliphatic heterocycles. The Balaban J connectivity index is 2.50. The number of amides is 2. The Labute approximate surface area is 125 Å². The molecule has 0 aromatic heterocycles. The smallest absolute Gasteiger partial charge is 0.319 e. The van der Waals surface area contributed by atoms with E-state index in [-0.39, 0.29) is 6.54 Å². The third-order valence-electron chi connectivity index (χ3n) is 2.69. The molecule has 0 saturated heterocycles. The zero-order chi connectivity index (χ0) is 15.1. The summed E-state index contributed by atoms with van der Waals surface area (Å²) in [5.74, 6) is -0.821. The molecule has 0 radical (unpaired) electrons. The average Bonchev–Trinajstić information content (AvgIpc) is 2.38. The normalized spacial score (nSPS) is 11.6. The Hall–Kier alpha value is -1.76. The molecule has 0 fully saturated rings. The van der Waals surface area contributed by atoms with E-state index in [2.05, 4.69) is 26.6 Å². The topological polar surface area (TPSA) is 87.7 Å². The first-order valence-corrected chi connectivity index (χ1v) is 6.84. The van der Waals surface area contributed by atoms with Crippen molar-refractivity contribution in [3.8, 4) is 5.75 Å². The molecule has 0 heterocycles. The lowest BCUT2D eigenvalue weighted by Crippen LogP contribution is -2.31. The molecular formula is C13H17BrN2O4. The number of methoxy groups -OCH3 is 1. The lowest BCUT2D eigenvalue weighted by molar-refractivity contribution is -0.141. The van der Waals surface area contributed by atoms with Crippen molar-refractivity contribution in [2.75, 3.05) is 19.0 Å². The number of anilines is 1. The van der Waals surface area contributed by atoms with E-state index in [0.717, 1.165) is 4.47 Å². The van der Waals surface area contributed by atoms with Gasteiger partial charge in [0, 0.05) is 11.0 Å². The molecule has 0 aliphatic carbocycles. The number of urea groups is 1. The molecule has 20 heavy (non-hydrogen) atoms. The summed E-state index contributed by atoms with van der Waals surface area (Å²) in [6, 6.07) is 4.85. The van der Waals surface area contributed by atoms with Crippen LogP contribution in [0.1, 0.15) is 13.3 Å². The molecule has 0 spiro atoms. The maximum absolute atomic E-state index is 11.7. The Bertz CT molecular complexity index is 493. The molecule has 1 atom stereocenters. The van der Waals surface area contributed by atoms with E-state index in [9.17, 15) is 9.59 Å². The summed E-state index contributed by atoms with van der Waals surface area (Å²) >= 11 is 3.31. The van der Waals surface area contributed by atoms with Crippen LogP contribution in [0.3, 0.4) is 0 Å². The minimum Gasteiger partial charge on any atom is -0.495 e. The molecule has 1 aromatic rings. The number of carbonyl (C=O) groups excluding carboxylic acids is 1. The van der Waals surface area contributed by atoms with Crippen LogP contribution in [0.4, 0.5) is 10.5 Å². The number of carboxylic acid groups (broad SMARTS) is 1. The molecule has 1 aromatic carbocycles. The van der Waals surface area contributed by atoms with E-state index in [1.54, 1.807) is 25.1 Å². The number of aliphatic carboxylic acids is 1. The second-order valence-corrected chi connectivity index (χ2v) is 5.17. The molecule has 3 N–H and O–H groups in total. The van der Waals surface area contributed by atoms with E-state index < -0.39 is 17.9 Å². The van der Waals surface area contributed by atoms with Gasteiger partial charge in [0.1, 0.15) is 5.75 Å². The van der Waals surface area contributed by atoms with Crippen molar-refractivity contribution in [3.05, 3.63) is 22.7 Å². The molecule has 2 amide bonds. The van der Waals surface area contributed by atoms with Crippen molar-refractivity contribution in [3.63, 3.8) is 0 Å². The second-order valence-electron chi connectivity index (χ2n) is 4.25. The van der Waals surface area contributed by atoms with Gasteiger partial charge in [-0.2, -0.15) is 0 Å². The molecule has 110 valence electrons. The van der Waals surface area contributed by atoms with Crippen molar-refractivity contribution in [2.24, 2.45) is 5.92 Å². The summed E-state index contributed by atoms with van der Waals surface area (Å²) in [5, 5.41) is 14.0. The van der Waals surface area contributed by atoms with Gasteiger partial charge in [0.2, 0.25) is 0 Å². The summed E-state index contributed by atoms with van der Waals surface area (Å²) in [5.41, 5.74) is 0.533. The molecule has 0 aliphatic rings. The van der Waals surface area contributed by atoms with Crippen LogP contribution >= 0.6 is 15.9 Å². The van der Waals surface area contributed by atoms with E-state index in [0.29, 0.717) is 17.9 Å². The van der Waals surface area contributed by atoms with Crippen LogP contribution in [-0.4, -0.2) is 30.8 Å². The maximum Gasteiger partial charge on any atom is 0.319 e. The minimum absolute atomic E-state index is 0.287. The number of carbonyl (C=O) groups is 2. The van der Waals surface area contributed by atoms with Crippen LogP contribution in [-0.2, 0) is 4.79 Å². The standard InChI is InChI=1S/C13H17BrN2O4/c1-8(12(17)18)5-6-15-13(19)16-10-7-9(14)3-4-11(10)20-2/h3-4,7-8H,5-6H2,1-2H3,(H,17,18)(H2,15,16,19). The summed E-state index contributed by atoms with van der Waals surface area (Å²) in [4.78, 5) is 22.3. The molecule has 7 heteroatoms. The lowest BCUT2D eigenvalue weighted by Gasteiger charge is -2.12. The van der Waals surface area contributed by atoms with Gasteiger partial charge in [-0.3, -0.25) is 4.79 Å². The van der Waals surface area contributed by atoms with Gasteiger partial charge in [0.25, 0.3) is 0 Å². The highest BCUT2D eigenvalue weighted by Crippen LogP contribution is 2.27. The van der Waals surface area contributed by atoms with Crippen LogP contribution in [0.25, 0.3) is 0 Å². The highest BCUT2D eigenvalue weighted by molar-refractivity contribution is 9.10. The van der Waals surface area contributed by atoms with E-state index in [4.69, 9.17) is 9.84 Å². The minimum atomic E-state index is -0.874. The fourth-order valence-electron chi connectivity index (χ4n) is 1.47. The molecule has 1 unspecified atom stereocenters. The van der Waals surface area contributed by atoms with Gasteiger partial charge in [-0.1, -0.05) is 22.9 Å². The Morgan fingerprint density at radius 3 is 2.75 bits per heavy atom. The Kier molecular flexibility index (Phi) is 6.30. The summed E-state index contributed by atoms with van der Waals surface area (Å²) < 4.78 is 5.95. The maximum atomic E-state index is 11.7. The van der Waals surface area contributed by atoms with E-state index >= 15 is 0 Å². The van der Waals surface area contributed by atoms with Crippen LogP contribution < -0.4 is 15.4 Å². The highest BCUT2D eigenvalue weighted by Gasteiger charge is 2.12. The highest BCUT2D eigenvalue weighted by atomic mass is 79.9. The van der Waals surface area contributed by atoms with Gasteiger partial charge >= 0.3 is 12.0 Å². The van der Waals surface area contributed by atoms with Crippen molar-refractivity contribution in [2.45, 2.75) is 13.3 Å². The number of rotatable bonds is 6. The number of carboxylic acids is 1. The van der Waals surface area contributed by atoms with Crippen LogP contribution in [0, 0.1) is 5.92 Å². The van der Waals surface area contributed by atoms with Gasteiger partial charge in [0.15, 0.2) is 0 Å². The first kappa shape index (κ1) is 16.3. The number of nitrogens with one attached hydrogen (secondary N) is 2. The van der Waals surface area contributed by atoms with Crippen LogP contribution in [0.2, 0.25) is 0 Å². The Morgan fingerprint density at radius 2 is 2.15 bits per heavy atom. The van der Waals surface area contributed by atoms with Crippen LogP contribution in [0.15, 0.2) is 22.7 Å². The third kappa shape index (κ3) is 5.08. The van der Waals surface area contributed by atoms with Crippen molar-refractivity contribution in [1.82, 2.24) is 5.32 Å². The lowest BCUT2D eigenvalue weighted by atomic mass is 10.1. The van der Waals surface area contributed by atoms with Gasteiger partial charge in [-0.05, 0) is 24.6 Å². The molecule has 1 rings (SSSR count). The predicted molar refractivity (Wildman–Crippen MR) is 79.1 cm³/mol. The SMILES string of the molecule is COc1ccc(Br)cc1NC(=O)NCCC(C)C(=O)O. The van der Waals surface area contributed by atoms with Crippen molar-refractivity contribution in [1.29, 1.82) is 0 Å². The largest absolute Gasteiger partial charge is 0.495 e. The average molecular weight is 345 g/mol. The van der Waals surface area contributed by atoms with Gasteiger partial charge in [-0.15, -0.1) is 0 Å². The van der Waals surface area contributed by atoms with Crippen LogP contribution in [0.5, 0.6) is 5.75 Å². The molecule has 6 nitrogen and oxygen atoms in total. The van der Waals surface area contributed by atoms with E-state index in [1.165, 1.54) is 7.11 Å². The monoisotopic (exact) mass is 344 g/mol. The first-order chi connectivity index (χ1) is 9.43. The number of hydrogen-bond donors (Lipinski definition) is 3. The molecule has 0 bridgehead atoms. The Morgan fingerprint density at radius 1 is 1.45 bits per heavy atom.